The lowest BCUT2D eigenvalue weighted by molar-refractivity contribution is -0.121. The molecule has 2 unspecified atom stereocenters. The zero-order valence-electron chi connectivity index (χ0n) is 22.2. The van der Waals surface area contributed by atoms with Crippen LogP contribution in [0.25, 0.3) is 0 Å². The van der Waals surface area contributed by atoms with E-state index in [2.05, 4.69) is 25.9 Å². The van der Waals surface area contributed by atoms with Crippen LogP contribution in [-0.4, -0.2) is 63.1 Å². The van der Waals surface area contributed by atoms with Gasteiger partial charge in [-0.2, -0.15) is 4.39 Å². The average Bonchev–Trinajstić information content (AvgIpc) is 3.19. The van der Waals surface area contributed by atoms with Gasteiger partial charge >= 0.3 is 6.09 Å². The second kappa shape index (κ2) is 12.5. The molecule has 2 aromatic heterocycles. The molecule has 0 radical (unpaired) electrons. The molecule has 2 amide bonds. The van der Waals surface area contributed by atoms with E-state index in [1.807, 2.05) is 0 Å². The van der Waals surface area contributed by atoms with Crippen molar-refractivity contribution in [2.75, 3.05) is 12.4 Å². The minimum atomic E-state index is -2.90. The molecule has 0 aromatic carbocycles. The summed E-state index contributed by atoms with van der Waals surface area (Å²) < 4.78 is 80.6. The van der Waals surface area contributed by atoms with Crippen LogP contribution in [0.2, 0.25) is 5.15 Å². The average molecular weight is 597 g/mol. The number of nitrogens with zero attached hydrogens (tertiary/aromatic N) is 4. The Morgan fingerprint density at radius 1 is 1.23 bits per heavy atom. The van der Waals surface area contributed by atoms with Crippen molar-refractivity contribution < 1.29 is 41.0 Å². The van der Waals surface area contributed by atoms with Crippen LogP contribution in [0.5, 0.6) is 5.88 Å². The first-order valence-electron chi connectivity index (χ1n) is 12.4. The van der Waals surface area contributed by atoms with Gasteiger partial charge < -0.3 is 20.1 Å². The van der Waals surface area contributed by atoms with E-state index < -0.39 is 78.8 Å². The number of hydrogen-bond acceptors (Lipinski definition) is 7. The zero-order chi connectivity index (χ0) is 29.8. The van der Waals surface area contributed by atoms with Crippen molar-refractivity contribution in [2.45, 2.75) is 82.9 Å². The molecular weight excluding hydrogens is 567 g/mol. The number of rotatable bonds is 9. The standard InChI is InChI=1S/C24H30ClF5N6O4/c1-23(2,3)40-22(38)32-18(12-5-7-24(29,30)8-6-12)20(37)31-14-11-36(35-19(14)28)15(10-17(26)27)13-9-16(25)33-34-21(13)39-4/h9,11-12,15,17-18H,5-8,10H2,1-4H3,(H,31,37)(H,32,38). The third-order valence-corrected chi connectivity index (χ3v) is 6.35. The summed E-state index contributed by atoms with van der Waals surface area (Å²) in [6, 6.07) is -1.45. The van der Waals surface area contributed by atoms with Crippen LogP contribution in [-0.2, 0) is 9.53 Å². The molecule has 0 bridgehead atoms. The smallest absolute Gasteiger partial charge is 0.408 e. The second-order valence-electron chi connectivity index (χ2n) is 10.4. The van der Waals surface area contributed by atoms with Crippen LogP contribution in [0.3, 0.4) is 0 Å². The Kier molecular flexibility index (Phi) is 9.80. The van der Waals surface area contributed by atoms with Crippen LogP contribution in [0.4, 0.5) is 32.4 Å². The van der Waals surface area contributed by atoms with Crippen molar-refractivity contribution in [3.8, 4) is 5.88 Å². The van der Waals surface area contributed by atoms with E-state index in [0.29, 0.717) is 0 Å². The topological polar surface area (TPSA) is 120 Å². The first kappa shape index (κ1) is 31.3. The molecule has 222 valence electrons. The molecule has 2 N–H and O–H groups in total. The lowest BCUT2D eigenvalue weighted by Crippen LogP contribution is -2.51. The molecule has 1 fully saturated rings. The molecule has 1 aliphatic rings. The number of methoxy groups -OCH3 is 1. The summed E-state index contributed by atoms with van der Waals surface area (Å²) in [6.07, 6.45) is -4.86. The lowest BCUT2D eigenvalue weighted by Gasteiger charge is -2.33. The number of amides is 2. The number of carbonyl (C=O) groups excluding carboxylic acids is 2. The molecule has 3 rings (SSSR count). The number of ether oxygens (including phenoxy) is 2. The lowest BCUT2D eigenvalue weighted by atomic mass is 9.81. The summed E-state index contributed by atoms with van der Waals surface area (Å²) in [5, 5.41) is 15.5. The highest BCUT2D eigenvalue weighted by Crippen LogP contribution is 2.38. The molecule has 10 nitrogen and oxygen atoms in total. The minimum absolute atomic E-state index is 0.0378. The Balaban J connectivity index is 1.89. The number of nitrogens with one attached hydrogen (secondary N) is 2. The first-order chi connectivity index (χ1) is 18.6. The summed E-state index contributed by atoms with van der Waals surface area (Å²) in [5.41, 5.74) is -1.37. The van der Waals surface area contributed by atoms with E-state index in [-0.39, 0.29) is 29.4 Å². The summed E-state index contributed by atoms with van der Waals surface area (Å²) in [6.45, 7) is 4.80. The second-order valence-corrected chi connectivity index (χ2v) is 10.8. The Morgan fingerprint density at radius 3 is 2.45 bits per heavy atom. The molecule has 2 heterocycles. The minimum Gasteiger partial charge on any atom is -0.480 e. The Bertz CT molecular complexity index is 1200. The number of carbonyl (C=O) groups is 2. The fourth-order valence-corrected chi connectivity index (χ4v) is 4.52. The van der Waals surface area contributed by atoms with Gasteiger partial charge in [-0.15, -0.1) is 15.3 Å². The van der Waals surface area contributed by atoms with Gasteiger partial charge in [0.05, 0.1) is 19.3 Å². The van der Waals surface area contributed by atoms with Crippen molar-refractivity contribution in [2.24, 2.45) is 5.92 Å². The molecule has 1 aliphatic carbocycles. The molecule has 16 heteroatoms. The zero-order valence-corrected chi connectivity index (χ0v) is 22.9. The number of aromatic nitrogens is 4. The van der Waals surface area contributed by atoms with Crippen LogP contribution in [0.15, 0.2) is 12.3 Å². The van der Waals surface area contributed by atoms with E-state index >= 15 is 0 Å². The van der Waals surface area contributed by atoms with Crippen LogP contribution >= 0.6 is 11.6 Å². The third kappa shape index (κ3) is 8.38. The fourth-order valence-electron chi connectivity index (χ4n) is 4.36. The van der Waals surface area contributed by atoms with Gasteiger partial charge in [0.2, 0.25) is 24.1 Å². The highest BCUT2D eigenvalue weighted by molar-refractivity contribution is 6.29. The monoisotopic (exact) mass is 596 g/mol. The summed E-state index contributed by atoms with van der Waals surface area (Å²) in [4.78, 5) is 25.7. The van der Waals surface area contributed by atoms with Gasteiger partial charge in [0.1, 0.15) is 17.3 Å². The van der Waals surface area contributed by atoms with Crippen molar-refractivity contribution in [1.29, 1.82) is 0 Å². The molecule has 0 spiro atoms. The van der Waals surface area contributed by atoms with Gasteiger partial charge in [0.15, 0.2) is 5.15 Å². The Labute approximate surface area is 231 Å². The number of hydrogen-bond donors (Lipinski definition) is 2. The van der Waals surface area contributed by atoms with Gasteiger partial charge in [-0.3, -0.25) is 9.48 Å². The predicted octanol–water partition coefficient (Wildman–Crippen LogP) is 5.38. The largest absolute Gasteiger partial charge is 0.480 e. The first-order valence-corrected chi connectivity index (χ1v) is 12.7. The molecule has 0 aliphatic heterocycles. The van der Waals surface area contributed by atoms with Gasteiger partial charge in [-0.1, -0.05) is 11.6 Å². The van der Waals surface area contributed by atoms with Crippen LogP contribution in [0.1, 0.15) is 64.5 Å². The summed E-state index contributed by atoms with van der Waals surface area (Å²) in [7, 11) is 1.23. The van der Waals surface area contributed by atoms with Crippen LogP contribution in [0, 0.1) is 11.9 Å². The number of alkyl halides is 4. The highest BCUT2D eigenvalue weighted by atomic mass is 35.5. The fraction of sp³-hybridized carbons (Fsp3) is 0.625. The summed E-state index contributed by atoms with van der Waals surface area (Å²) >= 11 is 5.89. The quantitative estimate of drug-likeness (QED) is 0.373. The van der Waals surface area contributed by atoms with E-state index in [9.17, 15) is 31.5 Å². The Hall–Kier alpha value is -3.23. The van der Waals surface area contributed by atoms with Crippen molar-refractivity contribution in [1.82, 2.24) is 25.3 Å². The van der Waals surface area contributed by atoms with Gasteiger partial charge in [-0.05, 0) is 45.6 Å². The van der Waals surface area contributed by atoms with Gasteiger partial charge in [0.25, 0.3) is 5.95 Å². The van der Waals surface area contributed by atoms with E-state index in [0.717, 1.165) is 10.9 Å². The number of halogens is 6. The molecular formula is C24H30ClF5N6O4. The molecule has 1 saturated carbocycles. The normalized spacial score (nSPS) is 17.3. The van der Waals surface area contributed by atoms with E-state index in [4.69, 9.17) is 21.1 Å². The maximum absolute atomic E-state index is 14.9. The summed E-state index contributed by atoms with van der Waals surface area (Å²) in [5.74, 6) is -5.89. The van der Waals surface area contributed by atoms with E-state index in [1.54, 1.807) is 20.8 Å². The van der Waals surface area contributed by atoms with Gasteiger partial charge in [0, 0.05) is 24.8 Å². The van der Waals surface area contributed by atoms with Crippen molar-refractivity contribution >= 4 is 29.3 Å². The maximum atomic E-state index is 14.9. The Morgan fingerprint density at radius 2 is 1.88 bits per heavy atom. The number of alkyl carbamates (subject to hydrolysis) is 1. The molecule has 0 saturated heterocycles. The highest BCUT2D eigenvalue weighted by Gasteiger charge is 2.41. The molecule has 2 atom stereocenters. The predicted molar refractivity (Wildman–Crippen MR) is 133 cm³/mol. The SMILES string of the molecule is COc1nnc(Cl)cc1C(CC(F)F)n1cc(NC(=O)C(NC(=O)OC(C)(C)C)C2CCC(F)(F)CC2)c(F)n1. The van der Waals surface area contributed by atoms with E-state index in [1.165, 1.54) is 13.2 Å². The molecule has 40 heavy (non-hydrogen) atoms. The van der Waals surface area contributed by atoms with Crippen LogP contribution < -0.4 is 15.4 Å². The van der Waals surface area contributed by atoms with Crippen molar-refractivity contribution in [3.05, 3.63) is 28.9 Å². The number of anilines is 1. The maximum Gasteiger partial charge on any atom is 0.408 e. The third-order valence-electron chi connectivity index (χ3n) is 6.16. The molecule has 2 aromatic rings. The van der Waals surface area contributed by atoms with Gasteiger partial charge in [-0.25, -0.2) is 22.4 Å². The van der Waals surface area contributed by atoms with Crippen molar-refractivity contribution in [3.63, 3.8) is 0 Å².